The molecule has 2 aromatic rings. The van der Waals surface area contributed by atoms with Crippen LogP contribution in [0.2, 0.25) is 0 Å². The molecule has 0 aliphatic carbocycles. The van der Waals surface area contributed by atoms with Crippen LogP contribution in [0, 0.1) is 17.5 Å². The van der Waals surface area contributed by atoms with Crippen molar-refractivity contribution in [2.24, 2.45) is 0 Å². The number of halogens is 3. The number of rotatable bonds is 4. The number of hydrogen-bond donors (Lipinski definition) is 1. The fourth-order valence-electron chi connectivity index (χ4n) is 1.49. The Morgan fingerprint density at radius 3 is 2.72 bits per heavy atom. The lowest BCUT2D eigenvalue weighted by Gasteiger charge is -2.01. The molecule has 0 bridgehead atoms. The highest BCUT2D eigenvalue weighted by Gasteiger charge is 2.16. The number of nitrogens with zero attached hydrogens (tertiary/aromatic N) is 1. The molecular weight excluding hydrogens is 261 g/mol. The lowest BCUT2D eigenvalue weighted by atomic mass is 10.2. The normalized spacial score (nSPS) is 10.9. The Morgan fingerprint density at radius 2 is 2.00 bits per heavy atom. The maximum atomic E-state index is 13.5. The molecule has 0 saturated heterocycles. The van der Waals surface area contributed by atoms with Crippen molar-refractivity contribution >= 4 is 11.3 Å². The van der Waals surface area contributed by atoms with E-state index in [0.717, 1.165) is 18.3 Å². The zero-order valence-electron chi connectivity index (χ0n) is 9.64. The van der Waals surface area contributed by atoms with E-state index in [-0.39, 0.29) is 5.56 Å². The largest absolute Gasteiger partial charge is 0.319 e. The second kappa shape index (κ2) is 5.49. The van der Waals surface area contributed by atoms with Crippen LogP contribution in [-0.2, 0) is 6.42 Å². The van der Waals surface area contributed by atoms with Gasteiger partial charge in [-0.25, -0.2) is 18.2 Å². The summed E-state index contributed by atoms with van der Waals surface area (Å²) in [5, 5.41) is 5.12. The highest BCUT2D eigenvalue weighted by atomic mass is 32.1. The molecule has 0 radical (unpaired) electrons. The third kappa shape index (κ3) is 2.54. The van der Waals surface area contributed by atoms with Crippen LogP contribution in [-0.4, -0.2) is 18.6 Å². The number of thiazole rings is 1. The zero-order chi connectivity index (χ0) is 13.1. The first-order valence-electron chi connectivity index (χ1n) is 5.36. The van der Waals surface area contributed by atoms with Gasteiger partial charge in [0.2, 0.25) is 0 Å². The van der Waals surface area contributed by atoms with Crippen LogP contribution in [0.1, 0.15) is 5.69 Å². The quantitative estimate of drug-likeness (QED) is 0.865. The number of likely N-dealkylation sites (N-methyl/N-ethyl adjacent to an activating group) is 1. The van der Waals surface area contributed by atoms with E-state index < -0.39 is 17.5 Å². The second-order valence-corrected chi connectivity index (χ2v) is 4.58. The molecule has 96 valence electrons. The highest BCUT2D eigenvalue weighted by molar-refractivity contribution is 7.13. The molecule has 0 spiro atoms. The minimum absolute atomic E-state index is 0.00499. The number of benzene rings is 1. The molecule has 0 aliphatic rings. The van der Waals surface area contributed by atoms with Gasteiger partial charge in [0, 0.05) is 23.9 Å². The molecule has 2 rings (SSSR count). The molecule has 0 amide bonds. The lowest BCUT2D eigenvalue weighted by molar-refractivity contribution is 0.449. The van der Waals surface area contributed by atoms with Gasteiger partial charge in [-0.3, -0.25) is 0 Å². The summed E-state index contributed by atoms with van der Waals surface area (Å²) in [6.45, 7) is 0.753. The lowest BCUT2D eigenvalue weighted by Crippen LogP contribution is -2.10. The molecule has 0 saturated carbocycles. The molecule has 1 N–H and O–H groups in total. The van der Waals surface area contributed by atoms with E-state index in [2.05, 4.69) is 10.3 Å². The molecule has 0 fully saturated rings. The highest BCUT2D eigenvalue weighted by Crippen LogP contribution is 2.28. The van der Waals surface area contributed by atoms with Gasteiger partial charge >= 0.3 is 0 Å². The van der Waals surface area contributed by atoms with Gasteiger partial charge in [0.1, 0.15) is 5.01 Å². The van der Waals surface area contributed by atoms with Crippen LogP contribution in [0.25, 0.3) is 10.6 Å². The van der Waals surface area contributed by atoms with E-state index in [1.165, 1.54) is 17.4 Å². The van der Waals surface area contributed by atoms with Gasteiger partial charge in [0.05, 0.1) is 5.69 Å². The van der Waals surface area contributed by atoms with Gasteiger partial charge in [-0.1, -0.05) is 0 Å². The predicted octanol–water partition coefficient (Wildman–Crippen LogP) is 2.99. The van der Waals surface area contributed by atoms with Gasteiger partial charge in [-0.2, -0.15) is 0 Å². The molecule has 6 heteroatoms. The van der Waals surface area contributed by atoms with Crippen molar-refractivity contribution in [1.29, 1.82) is 0 Å². The van der Waals surface area contributed by atoms with Crippen LogP contribution in [0.4, 0.5) is 13.2 Å². The van der Waals surface area contributed by atoms with Crippen LogP contribution in [0.3, 0.4) is 0 Å². The maximum absolute atomic E-state index is 13.5. The molecule has 2 nitrogen and oxygen atoms in total. The van der Waals surface area contributed by atoms with Crippen molar-refractivity contribution in [2.45, 2.75) is 6.42 Å². The molecule has 0 atom stereocenters. The summed E-state index contributed by atoms with van der Waals surface area (Å²) < 4.78 is 39.5. The average molecular weight is 272 g/mol. The summed E-state index contributed by atoms with van der Waals surface area (Å²) in [6.07, 6.45) is 0.707. The van der Waals surface area contributed by atoms with Crippen LogP contribution < -0.4 is 5.32 Å². The Hall–Kier alpha value is -1.40. The molecule has 1 aromatic heterocycles. The Morgan fingerprint density at radius 1 is 1.22 bits per heavy atom. The summed E-state index contributed by atoms with van der Waals surface area (Å²) >= 11 is 1.21. The summed E-state index contributed by atoms with van der Waals surface area (Å²) in [7, 11) is 1.82. The molecule has 1 heterocycles. The third-order valence-corrected chi connectivity index (χ3v) is 3.37. The number of hydrogen-bond acceptors (Lipinski definition) is 3. The van der Waals surface area contributed by atoms with Crippen LogP contribution in [0.5, 0.6) is 0 Å². The van der Waals surface area contributed by atoms with E-state index in [4.69, 9.17) is 0 Å². The Labute approximate surface area is 106 Å². The summed E-state index contributed by atoms with van der Waals surface area (Å²) in [5.41, 5.74) is 0.795. The second-order valence-electron chi connectivity index (χ2n) is 3.72. The molecule has 0 unspecified atom stereocenters. The molecule has 1 aromatic carbocycles. The van der Waals surface area contributed by atoms with Crippen molar-refractivity contribution in [3.8, 4) is 10.6 Å². The van der Waals surface area contributed by atoms with Crippen molar-refractivity contribution in [1.82, 2.24) is 10.3 Å². The predicted molar refractivity (Wildman–Crippen MR) is 65.1 cm³/mol. The summed E-state index contributed by atoms with van der Waals surface area (Å²) in [5.74, 6) is -3.84. The minimum Gasteiger partial charge on any atom is -0.319 e. The smallest absolute Gasteiger partial charge is 0.195 e. The fourth-order valence-corrected chi connectivity index (χ4v) is 2.36. The van der Waals surface area contributed by atoms with E-state index in [9.17, 15) is 13.2 Å². The first-order chi connectivity index (χ1) is 8.63. The van der Waals surface area contributed by atoms with Gasteiger partial charge < -0.3 is 5.32 Å². The number of nitrogens with one attached hydrogen (secondary N) is 1. The summed E-state index contributed by atoms with van der Waals surface area (Å²) in [6, 6.07) is 2.11. The monoisotopic (exact) mass is 272 g/mol. The summed E-state index contributed by atoms with van der Waals surface area (Å²) in [4.78, 5) is 4.20. The topological polar surface area (TPSA) is 24.9 Å². The third-order valence-electron chi connectivity index (χ3n) is 2.45. The van der Waals surface area contributed by atoms with Crippen molar-refractivity contribution in [2.75, 3.05) is 13.6 Å². The van der Waals surface area contributed by atoms with Gasteiger partial charge in [0.25, 0.3) is 0 Å². The van der Waals surface area contributed by atoms with Gasteiger partial charge in [-0.05, 0) is 19.2 Å². The van der Waals surface area contributed by atoms with E-state index in [1.54, 1.807) is 5.38 Å². The standard InChI is InChI=1S/C12H11F3N2S/c1-16-5-4-7-6-18-12(17-7)8-2-3-9(13)11(15)10(8)14/h2-3,6,16H,4-5H2,1H3. The van der Waals surface area contributed by atoms with Gasteiger partial charge in [0.15, 0.2) is 17.5 Å². The van der Waals surface area contributed by atoms with Crippen LogP contribution >= 0.6 is 11.3 Å². The average Bonchev–Trinajstić information content (AvgIpc) is 2.82. The SMILES string of the molecule is CNCCc1csc(-c2ccc(F)c(F)c2F)n1. The Bertz CT molecular complexity index is 554. The Balaban J connectivity index is 2.31. The van der Waals surface area contributed by atoms with Gasteiger partial charge in [-0.15, -0.1) is 11.3 Å². The van der Waals surface area contributed by atoms with Crippen molar-refractivity contribution in [3.05, 3.63) is 40.7 Å². The van der Waals surface area contributed by atoms with E-state index in [1.807, 2.05) is 7.05 Å². The molecule has 18 heavy (non-hydrogen) atoms. The van der Waals surface area contributed by atoms with Crippen molar-refractivity contribution < 1.29 is 13.2 Å². The fraction of sp³-hybridized carbons (Fsp3) is 0.250. The van der Waals surface area contributed by atoms with Crippen molar-refractivity contribution in [3.63, 3.8) is 0 Å². The molecule has 0 aliphatic heterocycles. The maximum Gasteiger partial charge on any atom is 0.195 e. The number of aromatic nitrogens is 1. The minimum atomic E-state index is -1.46. The zero-order valence-corrected chi connectivity index (χ0v) is 10.5. The van der Waals surface area contributed by atoms with E-state index >= 15 is 0 Å². The first-order valence-corrected chi connectivity index (χ1v) is 6.24. The van der Waals surface area contributed by atoms with Crippen LogP contribution in [0.15, 0.2) is 17.5 Å². The first kappa shape index (κ1) is 13.0. The Kier molecular flexibility index (Phi) is 3.98. The van der Waals surface area contributed by atoms with E-state index in [0.29, 0.717) is 11.4 Å². The molecular formula is C12H11F3N2S.